The SMILES string of the molecule is CCn1nc2ccc(CN)cc2c1Br. The summed E-state index contributed by atoms with van der Waals surface area (Å²) >= 11 is 3.53. The molecule has 0 saturated carbocycles. The van der Waals surface area contributed by atoms with E-state index in [2.05, 4.69) is 34.0 Å². The van der Waals surface area contributed by atoms with Crippen LogP contribution in [0.5, 0.6) is 0 Å². The van der Waals surface area contributed by atoms with Gasteiger partial charge >= 0.3 is 0 Å². The second-order valence-electron chi connectivity index (χ2n) is 3.16. The van der Waals surface area contributed by atoms with Crippen LogP contribution in [0.4, 0.5) is 0 Å². The average molecular weight is 254 g/mol. The van der Waals surface area contributed by atoms with E-state index in [1.165, 1.54) is 0 Å². The zero-order valence-corrected chi connectivity index (χ0v) is 9.58. The fourth-order valence-electron chi connectivity index (χ4n) is 1.49. The summed E-state index contributed by atoms with van der Waals surface area (Å²) in [5.41, 5.74) is 7.73. The standard InChI is InChI=1S/C10H12BrN3/c1-2-14-10(11)8-5-7(6-12)3-4-9(8)13-14/h3-5H,2,6,12H2,1H3. The largest absolute Gasteiger partial charge is 0.326 e. The lowest BCUT2D eigenvalue weighted by Crippen LogP contribution is -1.95. The molecule has 3 nitrogen and oxygen atoms in total. The monoisotopic (exact) mass is 253 g/mol. The van der Waals surface area contributed by atoms with Gasteiger partial charge in [0.25, 0.3) is 0 Å². The van der Waals surface area contributed by atoms with Gasteiger partial charge in [0, 0.05) is 18.5 Å². The van der Waals surface area contributed by atoms with Crippen molar-refractivity contribution in [1.82, 2.24) is 9.78 Å². The molecule has 0 saturated heterocycles. The summed E-state index contributed by atoms with van der Waals surface area (Å²) in [6, 6.07) is 6.11. The number of hydrogen-bond acceptors (Lipinski definition) is 2. The van der Waals surface area contributed by atoms with Crippen LogP contribution < -0.4 is 5.73 Å². The van der Waals surface area contributed by atoms with Crippen LogP contribution in [0.3, 0.4) is 0 Å². The zero-order valence-electron chi connectivity index (χ0n) is 8.00. The lowest BCUT2D eigenvalue weighted by atomic mass is 10.2. The molecule has 2 aromatic rings. The van der Waals surface area contributed by atoms with Gasteiger partial charge in [-0.2, -0.15) is 5.10 Å². The number of rotatable bonds is 2. The Balaban J connectivity index is 2.68. The normalized spacial score (nSPS) is 11.1. The molecule has 0 amide bonds. The van der Waals surface area contributed by atoms with Crippen LogP contribution in [0.1, 0.15) is 12.5 Å². The molecule has 2 N–H and O–H groups in total. The Morgan fingerprint density at radius 1 is 1.50 bits per heavy atom. The molecule has 0 bridgehead atoms. The van der Waals surface area contributed by atoms with Crippen molar-refractivity contribution in [3.8, 4) is 0 Å². The number of nitrogens with zero attached hydrogens (tertiary/aromatic N) is 2. The van der Waals surface area contributed by atoms with Gasteiger partial charge in [-0.1, -0.05) is 6.07 Å². The van der Waals surface area contributed by atoms with Gasteiger partial charge in [0.1, 0.15) is 4.60 Å². The Kier molecular flexibility index (Phi) is 2.56. The van der Waals surface area contributed by atoms with Crippen molar-refractivity contribution in [2.75, 3.05) is 0 Å². The smallest absolute Gasteiger partial charge is 0.111 e. The molecule has 0 fully saturated rings. The van der Waals surface area contributed by atoms with Crippen molar-refractivity contribution in [2.24, 2.45) is 5.73 Å². The molecule has 1 heterocycles. The lowest BCUT2D eigenvalue weighted by Gasteiger charge is -1.96. The minimum absolute atomic E-state index is 0.569. The molecule has 0 radical (unpaired) electrons. The highest BCUT2D eigenvalue weighted by atomic mass is 79.9. The highest BCUT2D eigenvalue weighted by Crippen LogP contribution is 2.24. The summed E-state index contributed by atoms with van der Waals surface area (Å²) < 4.78 is 2.97. The van der Waals surface area contributed by atoms with Crippen LogP contribution in [0, 0.1) is 0 Å². The van der Waals surface area contributed by atoms with Gasteiger partial charge in [0.15, 0.2) is 0 Å². The van der Waals surface area contributed by atoms with Crippen molar-refractivity contribution in [2.45, 2.75) is 20.0 Å². The fraction of sp³-hybridized carbons (Fsp3) is 0.300. The second kappa shape index (κ2) is 3.71. The van der Waals surface area contributed by atoms with E-state index in [4.69, 9.17) is 5.73 Å². The van der Waals surface area contributed by atoms with E-state index < -0.39 is 0 Å². The quantitative estimate of drug-likeness (QED) is 0.893. The zero-order chi connectivity index (χ0) is 10.1. The molecule has 1 aromatic carbocycles. The maximum absolute atomic E-state index is 5.59. The first-order valence-corrected chi connectivity index (χ1v) is 5.40. The third-order valence-corrected chi connectivity index (χ3v) is 3.11. The van der Waals surface area contributed by atoms with Gasteiger partial charge in [-0.15, -0.1) is 0 Å². The third kappa shape index (κ3) is 1.44. The van der Waals surface area contributed by atoms with Crippen molar-refractivity contribution in [1.29, 1.82) is 0 Å². The molecule has 0 spiro atoms. The number of benzene rings is 1. The minimum atomic E-state index is 0.569. The highest BCUT2D eigenvalue weighted by Gasteiger charge is 2.07. The van der Waals surface area contributed by atoms with E-state index in [0.29, 0.717) is 6.54 Å². The first-order valence-electron chi connectivity index (χ1n) is 4.61. The van der Waals surface area contributed by atoms with Crippen LogP contribution in [0.25, 0.3) is 10.9 Å². The van der Waals surface area contributed by atoms with E-state index in [1.807, 2.05) is 16.8 Å². The van der Waals surface area contributed by atoms with Crippen molar-refractivity contribution in [3.63, 3.8) is 0 Å². The molecule has 74 valence electrons. The molecule has 0 atom stereocenters. The second-order valence-corrected chi connectivity index (χ2v) is 3.91. The summed E-state index contributed by atoms with van der Waals surface area (Å²) in [5, 5.41) is 5.57. The third-order valence-electron chi connectivity index (χ3n) is 2.27. The number of aryl methyl sites for hydroxylation is 1. The maximum Gasteiger partial charge on any atom is 0.111 e. The molecule has 1 aromatic heterocycles. The van der Waals surface area contributed by atoms with Crippen LogP contribution in [-0.2, 0) is 13.1 Å². The van der Waals surface area contributed by atoms with E-state index in [0.717, 1.165) is 27.6 Å². The summed E-state index contributed by atoms with van der Waals surface area (Å²) in [6.45, 7) is 3.51. The van der Waals surface area contributed by atoms with E-state index in [1.54, 1.807) is 0 Å². The molecule has 0 aliphatic heterocycles. The number of aromatic nitrogens is 2. The average Bonchev–Trinajstić information content (AvgIpc) is 2.55. The Morgan fingerprint density at radius 2 is 2.29 bits per heavy atom. The van der Waals surface area contributed by atoms with Crippen molar-refractivity contribution < 1.29 is 0 Å². The van der Waals surface area contributed by atoms with Crippen LogP contribution in [0.15, 0.2) is 22.8 Å². The number of halogens is 1. The topological polar surface area (TPSA) is 43.8 Å². The Hall–Kier alpha value is -0.870. The van der Waals surface area contributed by atoms with E-state index >= 15 is 0 Å². The van der Waals surface area contributed by atoms with Crippen LogP contribution in [-0.4, -0.2) is 9.78 Å². The van der Waals surface area contributed by atoms with Gasteiger partial charge in [0.05, 0.1) is 5.52 Å². The summed E-state index contributed by atoms with van der Waals surface area (Å²) in [6.07, 6.45) is 0. The van der Waals surface area contributed by atoms with Gasteiger partial charge in [-0.05, 0) is 40.5 Å². The summed E-state index contributed by atoms with van der Waals surface area (Å²) in [5.74, 6) is 0. The predicted octanol–water partition coefficient (Wildman–Crippen LogP) is 2.28. The maximum atomic E-state index is 5.59. The summed E-state index contributed by atoms with van der Waals surface area (Å²) in [7, 11) is 0. The number of fused-ring (bicyclic) bond motifs is 1. The Morgan fingerprint density at radius 3 is 2.93 bits per heavy atom. The fourth-order valence-corrected chi connectivity index (χ4v) is 2.13. The Labute approximate surface area is 91.0 Å². The molecule has 2 rings (SSSR count). The van der Waals surface area contributed by atoms with Gasteiger partial charge in [-0.25, -0.2) is 0 Å². The summed E-state index contributed by atoms with van der Waals surface area (Å²) in [4.78, 5) is 0. The van der Waals surface area contributed by atoms with E-state index in [-0.39, 0.29) is 0 Å². The van der Waals surface area contributed by atoms with Gasteiger partial charge < -0.3 is 5.73 Å². The molecular weight excluding hydrogens is 242 g/mol. The van der Waals surface area contributed by atoms with E-state index in [9.17, 15) is 0 Å². The lowest BCUT2D eigenvalue weighted by molar-refractivity contribution is 0.653. The molecule has 14 heavy (non-hydrogen) atoms. The van der Waals surface area contributed by atoms with Crippen molar-refractivity contribution >= 4 is 26.8 Å². The predicted molar refractivity (Wildman–Crippen MR) is 61.0 cm³/mol. The molecule has 4 heteroatoms. The van der Waals surface area contributed by atoms with Gasteiger partial charge in [-0.3, -0.25) is 4.68 Å². The molecule has 0 aliphatic rings. The van der Waals surface area contributed by atoms with Crippen LogP contribution >= 0.6 is 15.9 Å². The molecular formula is C10H12BrN3. The highest BCUT2D eigenvalue weighted by molar-refractivity contribution is 9.10. The van der Waals surface area contributed by atoms with Crippen molar-refractivity contribution in [3.05, 3.63) is 28.4 Å². The first kappa shape index (κ1) is 9.68. The first-order chi connectivity index (χ1) is 6.76. The van der Waals surface area contributed by atoms with Gasteiger partial charge in [0.2, 0.25) is 0 Å². The number of nitrogens with two attached hydrogens (primary N) is 1. The molecule has 0 unspecified atom stereocenters. The Bertz CT molecular complexity index is 462. The minimum Gasteiger partial charge on any atom is -0.326 e. The van der Waals surface area contributed by atoms with Crippen LogP contribution in [0.2, 0.25) is 0 Å². The molecule has 0 aliphatic carbocycles. The number of hydrogen-bond donors (Lipinski definition) is 1.